The Morgan fingerprint density at radius 3 is 1.21 bits per heavy atom. The summed E-state index contributed by atoms with van der Waals surface area (Å²) in [6.45, 7) is 4.75. The topological polar surface area (TPSA) is 3.24 Å². The van der Waals surface area contributed by atoms with Gasteiger partial charge in [0.2, 0.25) is 0 Å². The Morgan fingerprint density at radius 1 is 0.286 bits per heavy atom. The van der Waals surface area contributed by atoms with Gasteiger partial charge in [-0.25, -0.2) is 0 Å². The van der Waals surface area contributed by atoms with Crippen molar-refractivity contribution in [3.05, 3.63) is 223 Å². The van der Waals surface area contributed by atoms with Gasteiger partial charge in [0.15, 0.2) is 0 Å². The van der Waals surface area contributed by atoms with Gasteiger partial charge in [-0.2, -0.15) is 0 Å². The highest BCUT2D eigenvalue weighted by molar-refractivity contribution is 5.90. The summed E-state index contributed by atoms with van der Waals surface area (Å²) < 4.78 is 0. The molecule has 0 atom stereocenters. The number of rotatable bonds is 7. The molecule has 9 aromatic rings. The zero-order valence-electron chi connectivity index (χ0n) is 31.7. The molecule has 0 N–H and O–H groups in total. The molecule has 1 heteroatoms. The zero-order chi connectivity index (χ0) is 37.6. The van der Waals surface area contributed by atoms with Gasteiger partial charge < -0.3 is 4.90 Å². The first kappa shape index (κ1) is 33.6. The molecule has 0 radical (unpaired) electrons. The fraction of sp³-hybridized carbons (Fsp3) is 0.0545. The normalized spacial score (nSPS) is 12.6. The molecule has 266 valence electrons. The molecular formula is C55H41N. The Morgan fingerprint density at radius 2 is 0.661 bits per heavy atom. The molecule has 0 aliphatic heterocycles. The van der Waals surface area contributed by atoms with Crippen molar-refractivity contribution < 1.29 is 0 Å². The molecule has 9 aromatic carbocycles. The summed E-state index contributed by atoms with van der Waals surface area (Å²) in [6, 6.07) is 77.5. The van der Waals surface area contributed by atoms with E-state index in [2.05, 4.69) is 231 Å². The second kappa shape index (κ2) is 13.7. The summed E-state index contributed by atoms with van der Waals surface area (Å²) in [5.74, 6) is 0. The van der Waals surface area contributed by atoms with Crippen molar-refractivity contribution in [3.63, 3.8) is 0 Å². The van der Waals surface area contributed by atoms with Crippen LogP contribution in [0.2, 0.25) is 0 Å². The highest BCUT2D eigenvalue weighted by Gasteiger charge is 2.36. The van der Waals surface area contributed by atoms with Crippen molar-refractivity contribution in [3.8, 4) is 55.6 Å². The van der Waals surface area contributed by atoms with E-state index in [1.807, 2.05) is 0 Å². The number of benzene rings is 9. The van der Waals surface area contributed by atoms with Crippen LogP contribution in [0.4, 0.5) is 17.1 Å². The second-order valence-corrected chi connectivity index (χ2v) is 15.4. The minimum Gasteiger partial charge on any atom is -0.310 e. The van der Waals surface area contributed by atoms with E-state index in [1.165, 1.54) is 77.5 Å². The fourth-order valence-corrected chi connectivity index (χ4v) is 8.58. The largest absolute Gasteiger partial charge is 0.310 e. The first-order chi connectivity index (χ1) is 27.5. The average molecular weight is 716 g/mol. The molecule has 0 spiro atoms. The third kappa shape index (κ3) is 5.99. The van der Waals surface area contributed by atoms with Crippen LogP contribution in [0.1, 0.15) is 25.0 Å². The number of fused-ring (bicyclic) bond motifs is 4. The SMILES string of the molecule is CC1(C)c2cc(-c3ccc4ccccc4c3)ccc2-c2ccc(N(c3ccc(-c4ccccc4)cc3)c3ccc(-c4ccc(-c5ccccc5)cc4)cc3)cc21. The molecule has 1 nitrogen and oxygen atoms in total. The van der Waals surface area contributed by atoms with Crippen molar-refractivity contribution in [2.75, 3.05) is 4.90 Å². The number of hydrogen-bond donors (Lipinski definition) is 0. The third-order valence-corrected chi connectivity index (χ3v) is 11.7. The molecular weight excluding hydrogens is 675 g/mol. The van der Waals surface area contributed by atoms with Gasteiger partial charge in [0.25, 0.3) is 0 Å². The Bertz CT molecular complexity index is 2830. The van der Waals surface area contributed by atoms with Crippen LogP contribution >= 0.6 is 0 Å². The van der Waals surface area contributed by atoms with Crippen LogP contribution in [-0.2, 0) is 5.41 Å². The fourth-order valence-electron chi connectivity index (χ4n) is 8.58. The van der Waals surface area contributed by atoms with E-state index in [-0.39, 0.29) is 5.41 Å². The lowest BCUT2D eigenvalue weighted by Gasteiger charge is -2.28. The van der Waals surface area contributed by atoms with E-state index in [0.717, 1.165) is 17.1 Å². The van der Waals surface area contributed by atoms with Crippen LogP contribution in [0, 0.1) is 0 Å². The smallest absolute Gasteiger partial charge is 0.0465 e. The molecule has 0 aromatic heterocycles. The van der Waals surface area contributed by atoms with E-state index in [4.69, 9.17) is 0 Å². The highest BCUT2D eigenvalue weighted by atomic mass is 15.1. The summed E-state index contributed by atoms with van der Waals surface area (Å²) in [5.41, 5.74) is 18.3. The monoisotopic (exact) mass is 715 g/mol. The summed E-state index contributed by atoms with van der Waals surface area (Å²) >= 11 is 0. The lowest BCUT2D eigenvalue weighted by Crippen LogP contribution is -2.16. The molecule has 0 unspecified atom stereocenters. The van der Waals surface area contributed by atoms with E-state index in [9.17, 15) is 0 Å². The highest BCUT2D eigenvalue weighted by Crippen LogP contribution is 2.52. The maximum absolute atomic E-state index is 2.42. The number of anilines is 3. The molecule has 0 bridgehead atoms. The van der Waals surface area contributed by atoms with Gasteiger partial charge in [0, 0.05) is 22.5 Å². The molecule has 0 fully saturated rings. The minimum absolute atomic E-state index is 0.174. The molecule has 1 aliphatic carbocycles. The van der Waals surface area contributed by atoms with Crippen molar-refractivity contribution in [2.24, 2.45) is 0 Å². The lowest BCUT2D eigenvalue weighted by atomic mass is 9.81. The maximum Gasteiger partial charge on any atom is 0.0465 e. The summed E-state index contributed by atoms with van der Waals surface area (Å²) in [6.07, 6.45) is 0. The number of nitrogens with zero attached hydrogens (tertiary/aromatic N) is 1. The molecule has 0 saturated heterocycles. The van der Waals surface area contributed by atoms with Crippen LogP contribution in [0.15, 0.2) is 212 Å². The van der Waals surface area contributed by atoms with Gasteiger partial charge in [-0.1, -0.05) is 178 Å². The first-order valence-corrected chi connectivity index (χ1v) is 19.5. The van der Waals surface area contributed by atoms with Gasteiger partial charge in [0.1, 0.15) is 0 Å². The second-order valence-electron chi connectivity index (χ2n) is 15.4. The molecule has 0 amide bonds. The van der Waals surface area contributed by atoms with Crippen LogP contribution in [0.5, 0.6) is 0 Å². The van der Waals surface area contributed by atoms with Crippen LogP contribution in [0.25, 0.3) is 66.4 Å². The quantitative estimate of drug-likeness (QED) is 0.159. The van der Waals surface area contributed by atoms with E-state index < -0.39 is 0 Å². The third-order valence-electron chi connectivity index (χ3n) is 11.7. The van der Waals surface area contributed by atoms with Crippen molar-refractivity contribution in [1.29, 1.82) is 0 Å². The Labute approximate surface area is 329 Å². The van der Waals surface area contributed by atoms with Gasteiger partial charge in [-0.3, -0.25) is 0 Å². The van der Waals surface area contributed by atoms with Crippen LogP contribution in [-0.4, -0.2) is 0 Å². The first-order valence-electron chi connectivity index (χ1n) is 19.5. The Kier molecular flexibility index (Phi) is 8.23. The van der Waals surface area contributed by atoms with Gasteiger partial charge in [-0.05, 0) is 126 Å². The molecule has 1 aliphatic rings. The van der Waals surface area contributed by atoms with Crippen molar-refractivity contribution >= 4 is 27.8 Å². The molecule has 0 saturated carbocycles. The lowest BCUT2D eigenvalue weighted by molar-refractivity contribution is 0.660. The van der Waals surface area contributed by atoms with E-state index in [0.29, 0.717) is 0 Å². The van der Waals surface area contributed by atoms with Gasteiger partial charge >= 0.3 is 0 Å². The predicted molar refractivity (Wildman–Crippen MR) is 238 cm³/mol. The minimum atomic E-state index is -0.174. The molecule has 0 heterocycles. The van der Waals surface area contributed by atoms with E-state index >= 15 is 0 Å². The maximum atomic E-state index is 2.42. The predicted octanol–water partition coefficient (Wildman–Crippen LogP) is 15.3. The van der Waals surface area contributed by atoms with Crippen LogP contribution < -0.4 is 4.90 Å². The standard InChI is InChI=1S/C55H41N/c1-55(2)53-36-47(46-22-21-40-15-9-10-16-45(40)35-46)27-33-51(53)52-34-32-50(37-54(52)55)56(48-28-23-43(24-29-48)39-13-7-4-8-14-39)49-30-25-44(26-31-49)42-19-17-41(18-20-42)38-11-5-3-6-12-38/h3-37H,1-2H3. The van der Waals surface area contributed by atoms with Crippen molar-refractivity contribution in [2.45, 2.75) is 19.3 Å². The molecule has 56 heavy (non-hydrogen) atoms. The van der Waals surface area contributed by atoms with Crippen LogP contribution in [0.3, 0.4) is 0 Å². The van der Waals surface area contributed by atoms with E-state index in [1.54, 1.807) is 0 Å². The number of hydrogen-bond acceptors (Lipinski definition) is 1. The zero-order valence-corrected chi connectivity index (χ0v) is 31.7. The van der Waals surface area contributed by atoms with Gasteiger partial charge in [0.05, 0.1) is 0 Å². The molecule has 10 rings (SSSR count). The summed E-state index contributed by atoms with van der Waals surface area (Å²) in [4.78, 5) is 2.40. The van der Waals surface area contributed by atoms with Crippen molar-refractivity contribution in [1.82, 2.24) is 0 Å². The summed E-state index contributed by atoms with van der Waals surface area (Å²) in [7, 11) is 0. The van der Waals surface area contributed by atoms with Gasteiger partial charge in [-0.15, -0.1) is 0 Å². The summed E-state index contributed by atoms with van der Waals surface area (Å²) in [5, 5.41) is 2.53. The Hall–Kier alpha value is -6.96. The Balaban J connectivity index is 1.02. The average Bonchev–Trinajstić information content (AvgIpc) is 3.49.